The van der Waals surface area contributed by atoms with Crippen LogP contribution in [0.4, 0.5) is 17.1 Å². The van der Waals surface area contributed by atoms with Crippen molar-refractivity contribution in [3.63, 3.8) is 0 Å². The van der Waals surface area contributed by atoms with Crippen molar-refractivity contribution < 1.29 is 14.4 Å². The van der Waals surface area contributed by atoms with Crippen LogP contribution in [0.2, 0.25) is 0 Å². The molecule has 3 aromatic rings. The Hall–Kier alpha value is -3.45. The summed E-state index contributed by atoms with van der Waals surface area (Å²) in [6, 6.07) is 15.6. The van der Waals surface area contributed by atoms with Crippen molar-refractivity contribution in [1.29, 1.82) is 0 Å². The number of thiophene rings is 1. The minimum atomic E-state index is -0.339. The standard InChI is InChI=1S/C21H19N3O3S/c1-13-12-15(9-10-17(13)22-14(2)25)23-20(26)16-6-3-4-7-18(16)24-21(27)19-8-5-11-28-19/h3-12H,1-2H3,(H,22,25)(H,23,26)(H,24,27). The molecule has 2 aromatic carbocycles. The van der Waals surface area contributed by atoms with E-state index in [1.807, 2.05) is 12.3 Å². The smallest absolute Gasteiger partial charge is 0.265 e. The minimum Gasteiger partial charge on any atom is -0.326 e. The summed E-state index contributed by atoms with van der Waals surface area (Å²) >= 11 is 1.33. The van der Waals surface area contributed by atoms with Crippen molar-refractivity contribution in [3.8, 4) is 0 Å². The molecule has 0 spiro atoms. The molecule has 0 fully saturated rings. The molecule has 0 saturated heterocycles. The molecule has 3 rings (SSSR count). The van der Waals surface area contributed by atoms with Crippen LogP contribution in [0, 0.1) is 6.92 Å². The van der Waals surface area contributed by atoms with E-state index < -0.39 is 0 Å². The van der Waals surface area contributed by atoms with Crippen molar-refractivity contribution >= 4 is 46.1 Å². The maximum atomic E-state index is 12.7. The second-order valence-corrected chi connectivity index (χ2v) is 7.09. The van der Waals surface area contributed by atoms with Crippen LogP contribution in [0.15, 0.2) is 60.0 Å². The van der Waals surface area contributed by atoms with Gasteiger partial charge in [0.15, 0.2) is 0 Å². The van der Waals surface area contributed by atoms with Crippen molar-refractivity contribution in [2.75, 3.05) is 16.0 Å². The molecule has 1 aromatic heterocycles. The summed E-state index contributed by atoms with van der Waals surface area (Å²) in [6.07, 6.45) is 0. The molecule has 0 aliphatic heterocycles. The van der Waals surface area contributed by atoms with Crippen LogP contribution in [0.25, 0.3) is 0 Å². The predicted molar refractivity (Wildman–Crippen MR) is 112 cm³/mol. The maximum absolute atomic E-state index is 12.7. The largest absolute Gasteiger partial charge is 0.326 e. The van der Waals surface area contributed by atoms with Gasteiger partial charge in [0.1, 0.15) is 0 Å². The number of anilines is 3. The van der Waals surface area contributed by atoms with Gasteiger partial charge < -0.3 is 16.0 Å². The Morgan fingerprint density at radius 2 is 1.61 bits per heavy atom. The zero-order chi connectivity index (χ0) is 20.1. The average Bonchev–Trinajstić information content (AvgIpc) is 3.19. The van der Waals surface area contributed by atoms with Crippen molar-refractivity contribution in [3.05, 3.63) is 76.0 Å². The van der Waals surface area contributed by atoms with Gasteiger partial charge >= 0.3 is 0 Å². The summed E-state index contributed by atoms with van der Waals surface area (Å²) in [4.78, 5) is 36.8. The van der Waals surface area contributed by atoms with Crippen LogP contribution in [-0.2, 0) is 4.79 Å². The molecule has 7 heteroatoms. The molecular formula is C21H19N3O3S. The quantitative estimate of drug-likeness (QED) is 0.596. The van der Waals surface area contributed by atoms with Crippen LogP contribution in [-0.4, -0.2) is 17.7 Å². The summed E-state index contributed by atoms with van der Waals surface area (Å²) in [5, 5.41) is 10.2. The average molecular weight is 393 g/mol. The Kier molecular flexibility index (Phi) is 5.86. The number of benzene rings is 2. The third kappa shape index (κ3) is 4.63. The van der Waals surface area contributed by atoms with Crippen LogP contribution in [0.3, 0.4) is 0 Å². The number of para-hydroxylation sites is 1. The lowest BCUT2D eigenvalue weighted by molar-refractivity contribution is -0.114. The van der Waals surface area contributed by atoms with E-state index in [1.165, 1.54) is 18.3 Å². The van der Waals surface area contributed by atoms with E-state index in [2.05, 4.69) is 16.0 Å². The van der Waals surface area contributed by atoms with E-state index in [1.54, 1.807) is 54.6 Å². The van der Waals surface area contributed by atoms with Gasteiger partial charge in [-0.15, -0.1) is 11.3 Å². The second-order valence-electron chi connectivity index (χ2n) is 6.14. The number of aryl methyl sites for hydroxylation is 1. The van der Waals surface area contributed by atoms with E-state index in [4.69, 9.17) is 0 Å². The molecule has 3 N–H and O–H groups in total. The minimum absolute atomic E-state index is 0.157. The van der Waals surface area contributed by atoms with Crippen LogP contribution in [0.1, 0.15) is 32.5 Å². The Labute approximate surface area is 166 Å². The summed E-state index contributed by atoms with van der Waals surface area (Å²) in [6.45, 7) is 3.28. The predicted octanol–water partition coefficient (Wildman–Crippen LogP) is 4.52. The van der Waals surface area contributed by atoms with E-state index >= 15 is 0 Å². The van der Waals surface area contributed by atoms with Crippen molar-refractivity contribution in [2.45, 2.75) is 13.8 Å². The normalized spacial score (nSPS) is 10.2. The summed E-state index contributed by atoms with van der Waals surface area (Å²) < 4.78 is 0. The first kappa shape index (κ1) is 19.3. The summed E-state index contributed by atoms with van der Waals surface area (Å²) in [7, 11) is 0. The van der Waals surface area contributed by atoms with Gasteiger partial charge in [0, 0.05) is 18.3 Å². The van der Waals surface area contributed by atoms with Crippen LogP contribution < -0.4 is 16.0 Å². The first-order valence-corrected chi connectivity index (χ1v) is 9.45. The van der Waals surface area contributed by atoms with Gasteiger partial charge in [0.2, 0.25) is 5.91 Å². The van der Waals surface area contributed by atoms with Crippen LogP contribution in [0.5, 0.6) is 0 Å². The lowest BCUT2D eigenvalue weighted by atomic mass is 10.1. The Balaban J connectivity index is 1.77. The summed E-state index contributed by atoms with van der Waals surface area (Å²) in [5.74, 6) is -0.755. The second kappa shape index (κ2) is 8.49. The molecule has 0 unspecified atom stereocenters. The summed E-state index contributed by atoms with van der Waals surface area (Å²) in [5.41, 5.74) is 2.90. The first-order chi connectivity index (χ1) is 13.4. The highest BCUT2D eigenvalue weighted by Gasteiger charge is 2.15. The van der Waals surface area contributed by atoms with E-state index in [-0.39, 0.29) is 17.7 Å². The fourth-order valence-electron chi connectivity index (χ4n) is 2.65. The number of nitrogens with one attached hydrogen (secondary N) is 3. The molecular weight excluding hydrogens is 374 g/mol. The van der Waals surface area contributed by atoms with Gasteiger partial charge in [-0.2, -0.15) is 0 Å². The molecule has 0 aliphatic carbocycles. The molecule has 6 nitrogen and oxygen atoms in total. The third-order valence-corrected chi connectivity index (χ3v) is 4.83. The zero-order valence-corrected chi connectivity index (χ0v) is 16.2. The van der Waals surface area contributed by atoms with Gasteiger partial charge in [-0.25, -0.2) is 0 Å². The van der Waals surface area contributed by atoms with Crippen molar-refractivity contribution in [1.82, 2.24) is 0 Å². The van der Waals surface area contributed by atoms with Gasteiger partial charge in [-0.1, -0.05) is 18.2 Å². The molecule has 0 bridgehead atoms. The highest BCUT2D eigenvalue weighted by molar-refractivity contribution is 7.12. The SMILES string of the molecule is CC(=O)Nc1ccc(NC(=O)c2ccccc2NC(=O)c2cccs2)cc1C. The Bertz CT molecular complexity index is 1030. The highest BCUT2D eigenvalue weighted by atomic mass is 32.1. The fraction of sp³-hybridized carbons (Fsp3) is 0.0952. The lowest BCUT2D eigenvalue weighted by Crippen LogP contribution is -2.18. The molecule has 0 aliphatic rings. The zero-order valence-electron chi connectivity index (χ0n) is 15.4. The van der Waals surface area contributed by atoms with E-state index in [0.29, 0.717) is 27.5 Å². The fourth-order valence-corrected chi connectivity index (χ4v) is 3.27. The monoisotopic (exact) mass is 393 g/mol. The number of amides is 3. The molecule has 0 radical (unpaired) electrons. The van der Waals surface area contributed by atoms with Crippen LogP contribution >= 0.6 is 11.3 Å². The maximum Gasteiger partial charge on any atom is 0.265 e. The third-order valence-electron chi connectivity index (χ3n) is 3.96. The van der Waals surface area contributed by atoms with Gasteiger partial charge in [-0.3, -0.25) is 14.4 Å². The molecule has 3 amide bonds. The molecule has 0 atom stereocenters. The number of hydrogen-bond acceptors (Lipinski definition) is 4. The molecule has 28 heavy (non-hydrogen) atoms. The highest BCUT2D eigenvalue weighted by Crippen LogP contribution is 2.22. The Morgan fingerprint density at radius 1 is 0.821 bits per heavy atom. The topological polar surface area (TPSA) is 87.3 Å². The Morgan fingerprint density at radius 3 is 2.29 bits per heavy atom. The molecule has 1 heterocycles. The molecule has 0 saturated carbocycles. The van der Waals surface area contributed by atoms with E-state index in [0.717, 1.165) is 5.56 Å². The number of rotatable bonds is 5. The lowest BCUT2D eigenvalue weighted by Gasteiger charge is -2.13. The van der Waals surface area contributed by atoms with Gasteiger partial charge in [0.05, 0.1) is 16.1 Å². The molecule has 142 valence electrons. The number of carbonyl (C=O) groups is 3. The van der Waals surface area contributed by atoms with Gasteiger partial charge in [0.25, 0.3) is 11.8 Å². The van der Waals surface area contributed by atoms with Crippen molar-refractivity contribution in [2.24, 2.45) is 0 Å². The van der Waals surface area contributed by atoms with Gasteiger partial charge in [-0.05, 0) is 54.3 Å². The number of hydrogen-bond donors (Lipinski definition) is 3. The van der Waals surface area contributed by atoms with E-state index in [9.17, 15) is 14.4 Å². The number of carbonyl (C=O) groups excluding carboxylic acids is 3. The first-order valence-electron chi connectivity index (χ1n) is 8.57.